The Morgan fingerprint density at radius 1 is 1.05 bits per heavy atom. The summed E-state index contributed by atoms with van der Waals surface area (Å²) in [6.07, 6.45) is 0. The van der Waals surface area contributed by atoms with Crippen LogP contribution in [0.15, 0.2) is 30.3 Å². The molecule has 3 N–H and O–H groups in total. The highest BCUT2D eigenvalue weighted by Gasteiger charge is 2.16. The zero-order chi connectivity index (χ0) is 13.6. The van der Waals surface area contributed by atoms with Crippen LogP contribution in [0.25, 0.3) is 22.4 Å². The number of aromatic hydroxyl groups is 2. The van der Waals surface area contributed by atoms with E-state index in [1.54, 1.807) is 0 Å². The summed E-state index contributed by atoms with van der Waals surface area (Å²) in [6, 6.07) is 5.99. The van der Waals surface area contributed by atoms with Crippen LogP contribution in [0.1, 0.15) is 0 Å². The molecule has 0 unspecified atom stereocenters. The van der Waals surface area contributed by atoms with Gasteiger partial charge in [-0.25, -0.2) is 13.8 Å². The molecule has 0 bridgehead atoms. The topological polar surface area (TPSA) is 69.1 Å². The van der Waals surface area contributed by atoms with E-state index in [0.29, 0.717) is 0 Å². The van der Waals surface area contributed by atoms with Crippen molar-refractivity contribution in [3.63, 3.8) is 0 Å². The van der Waals surface area contributed by atoms with E-state index in [2.05, 4.69) is 9.97 Å². The molecule has 96 valence electrons. The van der Waals surface area contributed by atoms with Crippen LogP contribution in [0.3, 0.4) is 0 Å². The number of phenolic OH excluding ortho intramolecular Hbond substituents is 2. The second-order valence-corrected chi connectivity index (χ2v) is 4.04. The number of aromatic amines is 1. The molecule has 6 heteroatoms. The van der Waals surface area contributed by atoms with Gasteiger partial charge < -0.3 is 15.2 Å². The highest BCUT2D eigenvalue weighted by molar-refractivity contribution is 5.82. The van der Waals surface area contributed by atoms with Gasteiger partial charge in [0, 0.05) is 6.07 Å². The summed E-state index contributed by atoms with van der Waals surface area (Å²) in [4.78, 5) is 6.59. The molecule has 1 aromatic heterocycles. The minimum atomic E-state index is -0.813. The van der Waals surface area contributed by atoms with Crippen LogP contribution in [0, 0.1) is 11.6 Å². The minimum absolute atomic E-state index is 0.0403. The summed E-state index contributed by atoms with van der Waals surface area (Å²) in [6.45, 7) is 0. The quantitative estimate of drug-likeness (QED) is 0.631. The van der Waals surface area contributed by atoms with E-state index in [1.165, 1.54) is 18.2 Å². The molecule has 4 nitrogen and oxygen atoms in total. The van der Waals surface area contributed by atoms with E-state index in [-0.39, 0.29) is 33.9 Å². The first-order valence-corrected chi connectivity index (χ1v) is 5.42. The Hall–Kier alpha value is -2.63. The molecule has 0 radical (unpaired) electrons. The molecule has 0 fully saturated rings. The monoisotopic (exact) mass is 262 g/mol. The van der Waals surface area contributed by atoms with Crippen molar-refractivity contribution in [1.29, 1.82) is 0 Å². The molecule has 0 amide bonds. The highest BCUT2D eigenvalue weighted by atomic mass is 19.1. The number of nitrogens with one attached hydrogen (secondary N) is 1. The Morgan fingerprint density at radius 2 is 1.74 bits per heavy atom. The molecule has 19 heavy (non-hydrogen) atoms. The fourth-order valence-electron chi connectivity index (χ4n) is 1.93. The third-order valence-electron chi connectivity index (χ3n) is 2.76. The third-order valence-corrected chi connectivity index (χ3v) is 2.76. The predicted octanol–water partition coefficient (Wildman–Crippen LogP) is 2.92. The van der Waals surface area contributed by atoms with Crippen molar-refractivity contribution < 1.29 is 19.0 Å². The molecule has 3 rings (SSSR count). The predicted molar refractivity (Wildman–Crippen MR) is 64.8 cm³/mol. The van der Waals surface area contributed by atoms with Crippen molar-refractivity contribution >= 4 is 11.0 Å². The first-order valence-electron chi connectivity index (χ1n) is 5.42. The van der Waals surface area contributed by atoms with Gasteiger partial charge in [0.2, 0.25) is 0 Å². The fourth-order valence-corrected chi connectivity index (χ4v) is 1.93. The number of fused-ring (bicyclic) bond motifs is 1. The number of halogens is 2. The van der Waals surface area contributed by atoms with Crippen molar-refractivity contribution in [3.05, 3.63) is 42.0 Å². The van der Waals surface area contributed by atoms with Gasteiger partial charge in [-0.05, 0) is 18.2 Å². The molecule has 2 aromatic carbocycles. The number of benzene rings is 2. The molecular weight excluding hydrogens is 254 g/mol. The minimum Gasteiger partial charge on any atom is -0.507 e. The van der Waals surface area contributed by atoms with Crippen LogP contribution in [-0.4, -0.2) is 20.2 Å². The van der Waals surface area contributed by atoms with E-state index >= 15 is 0 Å². The Balaban J connectivity index is 2.30. The van der Waals surface area contributed by atoms with Crippen molar-refractivity contribution in [2.45, 2.75) is 0 Å². The van der Waals surface area contributed by atoms with Gasteiger partial charge in [0.15, 0.2) is 5.82 Å². The molecule has 0 saturated heterocycles. The molecule has 0 aliphatic heterocycles. The lowest BCUT2D eigenvalue weighted by molar-refractivity contribution is 0.453. The Labute approximate surface area is 106 Å². The fraction of sp³-hybridized carbons (Fsp3) is 0. The summed E-state index contributed by atoms with van der Waals surface area (Å²) in [5.41, 5.74) is 0.132. The third kappa shape index (κ3) is 1.77. The zero-order valence-corrected chi connectivity index (χ0v) is 9.48. The zero-order valence-electron chi connectivity index (χ0n) is 9.48. The van der Waals surface area contributed by atoms with Crippen molar-refractivity contribution in [1.82, 2.24) is 9.97 Å². The number of rotatable bonds is 1. The average molecular weight is 262 g/mol. The summed E-state index contributed by atoms with van der Waals surface area (Å²) in [5, 5.41) is 19.4. The molecule has 3 aromatic rings. The van der Waals surface area contributed by atoms with Gasteiger partial charge in [0.1, 0.15) is 34.2 Å². The Bertz CT molecular complexity index is 763. The van der Waals surface area contributed by atoms with Crippen LogP contribution in [0.5, 0.6) is 11.5 Å². The number of H-pyrrole nitrogens is 1. The first kappa shape index (κ1) is 11.5. The van der Waals surface area contributed by atoms with E-state index in [4.69, 9.17) is 0 Å². The van der Waals surface area contributed by atoms with Crippen molar-refractivity contribution in [3.8, 4) is 22.9 Å². The number of aromatic nitrogens is 2. The molecule has 0 saturated carbocycles. The second kappa shape index (κ2) is 3.94. The van der Waals surface area contributed by atoms with E-state index < -0.39 is 11.6 Å². The van der Waals surface area contributed by atoms with Gasteiger partial charge in [0.05, 0.1) is 5.52 Å². The largest absolute Gasteiger partial charge is 0.507 e. The van der Waals surface area contributed by atoms with E-state index in [1.807, 2.05) is 0 Å². The number of nitrogens with zero attached hydrogens (tertiary/aromatic N) is 1. The first-order chi connectivity index (χ1) is 9.06. The van der Waals surface area contributed by atoms with Crippen LogP contribution >= 0.6 is 0 Å². The van der Waals surface area contributed by atoms with Gasteiger partial charge in [0.25, 0.3) is 0 Å². The van der Waals surface area contributed by atoms with Gasteiger partial charge in [-0.15, -0.1) is 0 Å². The molecule has 0 atom stereocenters. The number of phenols is 2. The van der Waals surface area contributed by atoms with Crippen LogP contribution in [0.2, 0.25) is 0 Å². The lowest BCUT2D eigenvalue weighted by atomic mass is 10.1. The maximum absolute atomic E-state index is 13.5. The maximum atomic E-state index is 13.5. The molecule has 0 aliphatic carbocycles. The molecule has 1 heterocycles. The number of hydrogen-bond donors (Lipinski definition) is 3. The van der Waals surface area contributed by atoms with Crippen LogP contribution < -0.4 is 0 Å². The Kier molecular flexibility index (Phi) is 2.38. The molecule has 0 aliphatic rings. The smallest absolute Gasteiger partial charge is 0.153 e. The van der Waals surface area contributed by atoms with Gasteiger partial charge in [-0.1, -0.05) is 6.07 Å². The SMILES string of the molecule is Oc1cccc(O)c1-c1nc2c(F)cc(F)cc2[nH]1. The van der Waals surface area contributed by atoms with Crippen molar-refractivity contribution in [2.24, 2.45) is 0 Å². The van der Waals surface area contributed by atoms with E-state index in [0.717, 1.165) is 12.1 Å². The summed E-state index contributed by atoms with van der Waals surface area (Å²) in [5.74, 6) is -1.90. The number of imidazole rings is 1. The van der Waals surface area contributed by atoms with Crippen molar-refractivity contribution in [2.75, 3.05) is 0 Å². The normalized spacial score (nSPS) is 11.1. The van der Waals surface area contributed by atoms with Gasteiger partial charge in [-0.3, -0.25) is 0 Å². The number of hydrogen-bond acceptors (Lipinski definition) is 3. The summed E-state index contributed by atoms with van der Waals surface area (Å²) < 4.78 is 26.6. The highest BCUT2D eigenvalue weighted by Crippen LogP contribution is 2.36. The van der Waals surface area contributed by atoms with Gasteiger partial charge >= 0.3 is 0 Å². The summed E-state index contributed by atoms with van der Waals surface area (Å²) >= 11 is 0. The summed E-state index contributed by atoms with van der Waals surface area (Å²) in [7, 11) is 0. The second-order valence-electron chi connectivity index (χ2n) is 4.04. The van der Waals surface area contributed by atoms with Gasteiger partial charge in [-0.2, -0.15) is 0 Å². The lowest BCUT2D eigenvalue weighted by Crippen LogP contribution is -1.83. The molecular formula is C13H8F2N2O2. The molecule has 0 spiro atoms. The van der Waals surface area contributed by atoms with Crippen LogP contribution in [-0.2, 0) is 0 Å². The van der Waals surface area contributed by atoms with E-state index in [9.17, 15) is 19.0 Å². The standard InChI is InChI=1S/C13H8F2N2O2/c14-6-4-7(15)12-8(5-6)16-13(17-12)11-9(18)2-1-3-10(11)19/h1-5,18-19H,(H,16,17). The average Bonchev–Trinajstić information content (AvgIpc) is 2.72. The maximum Gasteiger partial charge on any atom is 0.153 e. The lowest BCUT2D eigenvalue weighted by Gasteiger charge is -2.02. The van der Waals surface area contributed by atoms with Crippen LogP contribution in [0.4, 0.5) is 8.78 Å². The Morgan fingerprint density at radius 3 is 2.42 bits per heavy atom.